The van der Waals surface area contributed by atoms with Crippen molar-refractivity contribution in [2.24, 2.45) is 0 Å². The van der Waals surface area contributed by atoms with Gasteiger partial charge in [-0.05, 0) is 24.0 Å². The number of rotatable bonds is 4. The molecule has 1 aromatic carbocycles. The van der Waals surface area contributed by atoms with Crippen molar-refractivity contribution in [2.75, 3.05) is 0 Å². The van der Waals surface area contributed by atoms with Crippen molar-refractivity contribution in [3.8, 4) is 0 Å². The minimum absolute atomic E-state index is 0.00769. The molecule has 0 N–H and O–H groups in total. The van der Waals surface area contributed by atoms with E-state index >= 15 is 0 Å². The monoisotopic (exact) mass is 220 g/mol. The molecule has 4 heteroatoms. The first-order chi connectivity index (χ1) is 7.52. The Labute approximate surface area is 93.5 Å². The molecule has 0 fully saturated rings. The highest BCUT2D eigenvalue weighted by Crippen LogP contribution is 2.20. The Hall–Kier alpha value is -1.84. The van der Waals surface area contributed by atoms with E-state index in [1.54, 1.807) is 13.8 Å². The van der Waals surface area contributed by atoms with Crippen molar-refractivity contribution in [2.45, 2.75) is 26.7 Å². The Kier molecular flexibility index (Phi) is 3.66. The summed E-state index contributed by atoms with van der Waals surface area (Å²) < 4.78 is 0. The largest absolute Gasteiger partial charge is 0.545 e. The molecule has 0 aliphatic carbocycles. The van der Waals surface area contributed by atoms with Gasteiger partial charge in [0.15, 0.2) is 0 Å². The van der Waals surface area contributed by atoms with Crippen LogP contribution >= 0.6 is 0 Å². The summed E-state index contributed by atoms with van der Waals surface area (Å²) in [6.07, 6.45) is 0.837. The fourth-order valence-corrected chi connectivity index (χ4v) is 1.80. The van der Waals surface area contributed by atoms with Gasteiger partial charge >= 0.3 is 0 Å². The van der Waals surface area contributed by atoms with E-state index in [9.17, 15) is 19.8 Å². The third-order valence-electron chi connectivity index (χ3n) is 2.56. The molecular formula is C12H12O4-2. The first kappa shape index (κ1) is 12.2. The molecule has 0 aromatic heterocycles. The smallest absolute Gasteiger partial charge is 0.0721 e. The van der Waals surface area contributed by atoms with Crippen LogP contribution in [0, 0.1) is 0 Å². The molecule has 0 aliphatic heterocycles. The maximum atomic E-state index is 11.0. The summed E-state index contributed by atoms with van der Waals surface area (Å²) in [6.45, 7) is 3.51. The summed E-state index contributed by atoms with van der Waals surface area (Å²) in [7, 11) is 0. The molecule has 1 aromatic rings. The van der Waals surface area contributed by atoms with E-state index in [0.29, 0.717) is 18.4 Å². The summed E-state index contributed by atoms with van der Waals surface area (Å²) in [5.74, 6) is -2.70. The standard InChI is InChI=1S/C12H14O4/c1-3-7-5-6-9(11(13)14)8(4-2)10(7)12(15)16/h5-6H,3-4H2,1-2H3,(H,13,14)(H,15,16)/p-2. The van der Waals surface area contributed by atoms with Crippen molar-refractivity contribution >= 4 is 11.9 Å². The second kappa shape index (κ2) is 4.79. The van der Waals surface area contributed by atoms with Crippen LogP contribution in [0.25, 0.3) is 0 Å². The summed E-state index contributed by atoms with van der Waals surface area (Å²) in [4.78, 5) is 21.8. The number of hydrogen-bond acceptors (Lipinski definition) is 4. The van der Waals surface area contributed by atoms with Gasteiger partial charge < -0.3 is 19.8 Å². The van der Waals surface area contributed by atoms with Crippen molar-refractivity contribution in [3.63, 3.8) is 0 Å². The average Bonchev–Trinajstić information content (AvgIpc) is 2.26. The molecule has 0 saturated heterocycles. The summed E-state index contributed by atoms with van der Waals surface area (Å²) in [5, 5.41) is 21.8. The molecule has 0 atom stereocenters. The van der Waals surface area contributed by atoms with Crippen molar-refractivity contribution in [1.29, 1.82) is 0 Å². The third kappa shape index (κ3) is 2.05. The van der Waals surface area contributed by atoms with Gasteiger partial charge in [-0.25, -0.2) is 0 Å². The van der Waals surface area contributed by atoms with Crippen LogP contribution in [0.2, 0.25) is 0 Å². The van der Waals surface area contributed by atoms with Gasteiger partial charge in [-0.15, -0.1) is 0 Å². The van der Waals surface area contributed by atoms with E-state index in [4.69, 9.17) is 0 Å². The molecule has 0 radical (unpaired) electrons. The van der Waals surface area contributed by atoms with E-state index in [2.05, 4.69) is 0 Å². The van der Waals surface area contributed by atoms with E-state index < -0.39 is 11.9 Å². The van der Waals surface area contributed by atoms with Crippen molar-refractivity contribution in [1.82, 2.24) is 0 Å². The molecule has 0 bridgehead atoms. The zero-order valence-electron chi connectivity index (χ0n) is 9.20. The molecule has 1 rings (SSSR count). The van der Waals surface area contributed by atoms with Crippen molar-refractivity contribution < 1.29 is 19.8 Å². The Bertz CT molecular complexity index is 435. The van der Waals surface area contributed by atoms with E-state index in [-0.39, 0.29) is 16.7 Å². The van der Waals surface area contributed by atoms with Crippen molar-refractivity contribution in [3.05, 3.63) is 34.4 Å². The second-order valence-corrected chi connectivity index (χ2v) is 3.41. The number of carboxylic acid groups (broad SMARTS) is 2. The molecule has 0 heterocycles. The Morgan fingerprint density at radius 2 is 1.69 bits per heavy atom. The topological polar surface area (TPSA) is 80.3 Å². The van der Waals surface area contributed by atoms with Gasteiger partial charge in [0.25, 0.3) is 0 Å². The lowest BCUT2D eigenvalue weighted by molar-refractivity contribution is -0.255. The normalized spacial score (nSPS) is 10.1. The summed E-state index contributed by atoms with van der Waals surface area (Å²) in [6, 6.07) is 2.88. The lowest BCUT2D eigenvalue weighted by Gasteiger charge is -2.18. The molecule has 86 valence electrons. The number of aromatic carboxylic acids is 2. The van der Waals surface area contributed by atoms with Gasteiger partial charge in [0, 0.05) is 11.1 Å². The molecule has 0 spiro atoms. The lowest BCUT2D eigenvalue weighted by Crippen LogP contribution is -2.29. The van der Waals surface area contributed by atoms with Gasteiger partial charge in [0.2, 0.25) is 0 Å². The minimum atomic E-state index is -1.36. The quantitative estimate of drug-likeness (QED) is 0.687. The Balaban J connectivity index is 3.56. The first-order valence-corrected chi connectivity index (χ1v) is 5.10. The fraction of sp³-hybridized carbons (Fsp3) is 0.333. The maximum Gasteiger partial charge on any atom is 0.0721 e. The highest BCUT2D eigenvalue weighted by Gasteiger charge is 2.12. The predicted octanol–water partition coefficient (Wildman–Crippen LogP) is -0.462. The molecule has 0 amide bonds. The van der Waals surface area contributed by atoms with Crippen LogP contribution in [0.1, 0.15) is 45.7 Å². The van der Waals surface area contributed by atoms with Gasteiger partial charge in [-0.3, -0.25) is 0 Å². The molecule has 0 unspecified atom stereocenters. The van der Waals surface area contributed by atoms with E-state index in [1.165, 1.54) is 12.1 Å². The van der Waals surface area contributed by atoms with Crippen LogP contribution in [-0.4, -0.2) is 11.9 Å². The minimum Gasteiger partial charge on any atom is -0.545 e. The highest BCUT2D eigenvalue weighted by atomic mass is 16.4. The maximum absolute atomic E-state index is 11.0. The number of aryl methyl sites for hydroxylation is 1. The Morgan fingerprint density at radius 3 is 2.06 bits per heavy atom. The summed E-state index contributed by atoms with van der Waals surface area (Å²) >= 11 is 0. The number of carboxylic acids is 2. The molecular weight excluding hydrogens is 208 g/mol. The zero-order valence-corrected chi connectivity index (χ0v) is 9.20. The lowest BCUT2D eigenvalue weighted by atomic mass is 9.93. The van der Waals surface area contributed by atoms with E-state index in [1.807, 2.05) is 0 Å². The molecule has 0 aliphatic rings. The number of benzene rings is 1. The number of carbonyl (C=O) groups is 2. The van der Waals surface area contributed by atoms with Crippen LogP contribution in [0.4, 0.5) is 0 Å². The van der Waals surface area contributed by atoms with E-state index in [0.717, 1.165) is 0 Å². The zero-order chi connectivity index (χ0) is 12.3. The van der Waals surface area contributed by atoms with Gasteiger partial charge in [0.05, 0.1) is 11.9 Å². The van der Waals surface area contributed by atoms with Crippen LogP contribution in [0.15, 0.2) is 12.1 Å². The van der Waals surface area contributed by atoms with Gasteiger partial charge in [0.1, 0.15) is 0 Å². The average molecular weight is 220 g/mol. The first-order valence-electron chi connectivity index (χ1n) is 5.10. The SMILES string of the molecule is CCc1ccc(C(=O)[O-])c(CC)c1C(=O)[O-]. The van der Waals surface area contributed by atoms with Gasteiger partial charge in [-0.2, -0.15) is 0 Å². The van der Waals surface area contributed by atoms with Crippen LogP contribution < -0.4 is 10.2 Å². The molecule has 0 saturated carbocycles. The number of hydrogen-bond donors (Lipinski definition) is 0. The Morgan fingerprint density at radius 1 is 1.06 bits per heavy atom. The fourth-order valence-electron chi connectivity index (χ4n) is 1.80. The molecule has 4 nitrogen and oxygen atoms in total. The summed E-state index contributed by atoms with van der Waals surface area (Å²) in [5.41, 5.74) is 0.784. The number of carbonyl (C=O) groups excluding carboxylic acids is 2. The second-order valence-electron chi connectivity index (χ2n) is 3.41. The van der Waals surface area contributed by atoms with Crippen LogP contribution in [-0.2, 0) is 12.8 Å². The molecule has 16 heavy (non-hydrogen) atoms. The highest BCUT2D eigenvalue weighted by molar-refractivity contribution is 5.96. The van der Waals surface area contributed by atoms with Crippen LogP contribution in [0.3, 0.4) is 0 Å². The van der Waals surface area contributed by atoms with Gasteiger partial charge in [-0.1, -0.05) is 26.0 Å². The third-order valence-corrected chi connectivity index (χ3v) is 2.56. The predicted molar refractivity (Wildman–Crippen MR) is 53.9 cm³/mol. The van der Waals surface area contributed by atoms with Crippen LogP contribution in [0.5, 0.6) is 0 Å².